The number of hydrogen-bond donors (Lipinski definition) is 1. The fourth-order valence-corrected chi connectivity index (χ4v) is 2.38. The van der Waals surface area contributed by atoms with Gasteiger partial charge in [-0.05, 0) is 36.8 Å². The summed E-state index contributed by atoms with van der Waals surface area (Å²) in [6.45, 7) is 1.75. The van der Waals surface area contributed by atoms with Crippen molar-refractivity contribution in [3.05, 3.63) is 81.7 Å². The van der Waals surface area contributed by atoms with Crippen molar-refractivity contribution < 1.29 is 9.18 Å². The summed E-state index contributed by atoms with van der Waals surface area (Å²) in [6, 6.07) is 11.1. The van der Waals surface area contributed by atoms with Crippen LogP contribution in [-0.2, 0) is 6.54 Å². The van der Waals surface area contributed by atoms with Gasteiger partial charge in [0.1, 0.15) is 17.0 Å². The summed E-state index contributed by atoms with van der Waals surface area (Å²) in [5, 5.41) is 2.63. The molecule has 0 fully saturated rings. The van der Waals surface area contributed by atoms with Gasteiger partial charge in [-0.25, -0.2) is 9.37 Å². The summed E-state index contributed by atoms with van der Waals surface area (Å²) in [6.07, 6.45) is 1.56. The molecule has 2 aromatic heterocycles. The monoisotopic (exact) mass is 311 g/mol. The number of benzene rings is 1. The second-order valence-corrected chi connectivity index (χ2v) is 5.12. The zero-order valence-electron chi connectivity index (χ0n) is 12.4. The number of hydrogen-bond acceptors (Lipinski definition) is 3. The first-order valence-electron chi connectivity index (χ1n) is 7.07. The Morgan fingerprint density at radius 2 is 2.09 bits per heavy atom. The molecule has 0 unspecified atom stereocenters. The van der Waals surface area contributed by atoms with Crippen LogP contribution >= 0.6 is 0 Å². The summed E-state index contributed by atoms with van der Waals surface area (Å²) in [5.74, 6) is -0.900. The van der Waals surface area contributed by atoms with Gasteiger partial charge in [-0.2, -0.15) is 0 Å². The normalized spacial score (nSPS) is 10.7. The lowest BCUT2D eigenvalue weighted by Gasteiger charge is -2.09. The molecule has 0 aliphatic carbocycles. The fraction of sp³-hybridized carbons (Fsp3) is 0.118. The molecule has 0 atom stereocenters. The van der Waals surface area contributed by atoms with Gasteiger partial charge in [-0.1, -0.05) is 18.2 Å². The van der Waals surface area contributed by atoms with Crippen molar-refractivity contribution in [2.24, 2.45) is 0 Å². The number of amides is 1. The van der Waals surface area contributed by atoms with E-state index < -0.39 is 11.5 Å². The third-order valence-corrected chi connectivity index (χ3v) is 3.48. The van der Waals surface area contributed by atoms with Crippen LogP contribution in [0.1, 0.15) is 21.6 Å². The minimum Gasteiger partial charge on any atom is -0.348 e. The highest BCUT2D eigenvalue weighted by Gasteiger charge is 2.17. The first-order chi connectivity index (χ1) is 11.1. The van der Waals surface area contributed by atoms with E-state index in [9.17, 15) is 14.0 Å². The van der Waals surface area contributed by atoms with Crippen LogP contribution in [0, 0.1) is 12.7 Å². The Balaban J connectivity index is 1.90. The third-order valence-electron chi connectivity index (χ3n) is 3.48. The molecule has 3 aromatic rings. The van der Waals surface area contributed by atoms with Crippen LogP contribution < -0.4 is 10.9 Å². The Bertz CT molecular complexity index is 950. The first-order valence-corrected chi connectivity index (χ1v) is 7.07. The number of fused-ring (bicyclic) bond motifs is 1. The van der Waals surface area contributed by atoms with Crippen molar-refractivity contribution in [2.75, 3.05) is 0 Å². The molecule has 1 aromatic carbocycles. The Morgan fingerprint density at radius 1 is 1.26 bits per heavy atom. The number of nitrogens with one attached hydrogen (secondary N) is 1. The van der Waals surface area contributed by atoms with Gasteiger partial charge in [-0.15, -0.1) is 0 Å². The van der Waals surface area contributed by atoms with Crippen LogP contribution in [0.5, 0.6) is 0 Å². The van der Waals surface area contributed by atoms with Crippen molar-refractivity contribution in [1.29, 1.82) is 0 Å². The molecule has 5 nitrogen and oxygen atoms in total. The molecule has 0 radical (unpaired) electrons. The van der Waals surface area contributed by atoms with Gasteiger partial charge in [0, 0.05) is 12.7 Å². The smallest absolute Gasteiger partial charge is 0.270 e. The minimum atomic E-state index is -0.525. The number of rotatable bonds is 3. The van der Waals surface area contributed by atoms with Crippen LogP contribution in [0.15, 0.2) is 53.5 Å². The average molecular weight is 311 g/mol. The van der Waals surface area contributed by atoms with E-state index in [0.29, 0.717) is 16.9 Å². The van der Waals surface area contributed by atoms with E-state index in [0.717, 1.165) is 0 Å². The summed E-state index contributed by atoms with van der Waals surface area (Å²) < 4.78 is 14.5. The highest BCUT2D eigenvalue weighted by atomic mass is 19.1. The number of nitrogens with zero attached hydrogens (tertiary/aromatic N) is 2. The van der Waals surface area contributed by atoms with Crippen molar-refractivity contribution in [3.8, 4) is 0 Å². The first kappa shape index (κ1) is 14.9. The Kier molecular flexibility index (Phi) is 3.89. The molecule has 23 heavy (non-hydrogen) atoms. The Morgan fingerprint density at radius 3 is 2.87 bits per heavy atom. The highest BCUT2D eigenvalue weighted by molar-refractivity contribution is 5.95. The molecule has 0 spiro atoms. The third kappa shape index (κ3) is 2.96. The van der Waals surface area contributed by atoms with Crippen molar-refractivity contribution in [1.82, 2.24) is 14.7 Å². The van der Waals surface area contributed by atoms with E-state index in [-0.39, 0.29) is 17.9 Å². The number of carbonyl (C=O) groups is 1. The van der Waals surface area contributed by atoms with E-state index >= 15 is 0 Å². The maximum Gasteiger partial charge on any atom is 0.270 e. The van der Waals surface area contributed by atoms with E-state index in [1.807, 2.05) is 0 Å². The number of pyridine rings is 1. The van der Waals surface area contributed by atoms with Gasteiger partial charge < -0.3 is 5.32 Å². The van der Waals surface area contributed by atoms with Gasteiger partial charge in [-0.3, -0.25) is 14.0 Å². The fourth-order valence-electron chi connectivity index (χ4n) is 2.38. The predicted molar refractivity (Wildman–Crippen MR) is 83.8 cm³/mol. The molecule has 0 bridgehead atoms. The van der Waals surface area contributed by atoms with E-state index in [4.69, 9.17) is 0 Å². The molecule has 1 amide bonds. The zero-order chi connectivity index (χ0) is 16.4. The van der Waals surface area contributed by atoms with Gasteiger partial charge in [0.05, 0.1) is 5.69 Å². The van der Waals surface area contributed by atoms with Crippen molar-refractivity contribution in [3.63, 3.8) is 0 Å². The lowest BCUT2D eigenvalue weighted by molar-refractivity contribution is 0.0948. The van der Waals surface area contributed by atoms with Crippen LogP contribution in [0.2, 0.25) is 0 Å². The quantitative estimate of drug-likeness (QED) is 0.805. The SMILES string of the molecule is Cc1nc2ccccn2c(=O)c1C(=O)NCc1cccc(F)c1. The maximum atomic E-state index is 13.1. The Hall–Kier alpha value is -3.02. The topological polar surface area (TPSA) is 63.5 Å². The number of aryl methyl sites for hydroxylation is 1. The van der Waals surface area contributed by atoms with Crippen LogP contribution in [0.4, 0.5) is 4.39 Å². The molecule has 116 valence electrons. The van der Waals surface area contributed by atoms with E-state index in [2.05, 4.69) is 10.3 Å². The summed E-state index contributed by atoms with van der Waals surface area (Å²) in [7, 11) is 0. The molecule has 3 rings (SSSR count). The number of aromatic nitrogens is 2. The molecule has 0 aliphatic rings. The second-order valence-electron chi connectivity index (χ2n) is 5.12. The molecule has 1 N–H and O–H groups in total. The molecule has 6 heteroatoms. The van der Waals surface area contributed by atoms with Crippen LogP contribution in [0.25, 0.3) is 5.65 Å². The number of carbonyl (C=O) groups excluding carboxylic acids is 1. The average Bonchev–Trinajstić information content (AvgIpc) is 2.53. The van der Waals surface area contributed by atoms with E-state index in [1.165, 1.54) is 16.5 Å². The molecule has 0 saturated carbocycles. The minimum absolute atomic E-state index is 0.00916. The summed E-state index contributed by atoms with van der Waals surface area (Å²) in [4.78, 5) is 29.1. The lowest BCUT2D eigenvalue weighted by Crippen LogP contribution is -2.32. The van der Waals surface area contributed by atoms with Gasteiger partial charge in [0.25, 0.3) is 11.5 Å². The van der Waals surface area contributed by atoms with Crippen molar-refractivity contribution >= 4 is 11.6 Å². The largest absolute Gasteiger partial charge is 0.348 e. The Labute approximate surface area is 131 Å². The van der Waals surface area contributed by atoms with Gasteiger partial charge in [0.15, 0.2) is 0 Å². The van der Waals surface area contributed by atoms with Crippen LogP contribution in [0.3, 0.4) is 0 Å². The number of halogens is 1. The lowest BCUT2D eigenvalue weighted by atomic mass is 10.2. The van der Waals surface area contributed by atoms with Gasteiger partial charge in [0.2, 0.25) is 0 Å². The molecule has 2 heterocycles. The molecular formula is C17H14FN3O2. The zero-order valence-corrected chi connectivity index (χ0v) is 12.4. The predicted octanol–water partition coefficient (Wildman–Crippen LogP) is 2.07. The van der Waals surface area contributed by atoms with Gasteiger partial charge >= 0.3 is 0 Å². The van der Waals surface area contributed by atoms with Crippen molar-refractivity contribution in [2.45, 2.75) is 13.5 Å². The maximum absolute atomic E-state index is 13.1. The summed E-state index contributed by atoms with van der Waals surface area (Å²) >= 11 is 0. The second kappa shape index (κ2) is 6.00. The molecule has 0 saturated heterocycles. The molecule has 0 aliphatic heterocycles. The van der Waals surface area contributed by atoms with Crippen LogP contribution in [-0.4, -0.2) is 15.3 Å². The standard InChI is InChI=1S/C17H14FN3O2/c1-11-15(17(23)21-8-3-2-7-14(21)20-11)16(22)19-10-12-5-4-6-13(18)9-12/h2-9H,10H2,1H3,(H,19,22). The highest BCUT2D eigenvalue weighted by Crippen LogP contribution is 2.06. The van der Waals surface area contributed by atoms with E-state index in [1.54, 1.807) is 43.5 Å². The molecular weight excluding hydrogens is 297 g/mol. The summed E-state index contributed by atoms with van der Waals surface area (Å²) in [5.41, 5.74) is 1.02.